The molecule has 0 saturated carbocycles. The van der Waals surface area contributed by atoms with Crippen LogP contribution in [0.25, 0.3) is 0 Å². The Hall–Kier alpha value is -3.25. The maximum absolute atomic E-state index is 5.70. The fourth-order valence-corrected chi connectivity index (χ4v) is 2.48. The number of rotatable bonds is 7. The molecule has 6 nitrogen and oxygen atoms in total. The summed E-state index contributed by atoms with van der Waals surface area (Å²) in [7, 11) is 0. The number of hydrogen-bond acceptors (Lipinski definition) is 4. The zero-order valence-electron chi connectivity index (χ0n) is 14.7. The number of aromatic nitrogens is 1. The van der Waals surface area contributed by atoms with Crippen LogP contribution in [0, 0.1) is 0 Å². The molecule has 3 aromatic rings. The van der Waals surface area contributed by atoms with Gasteiger partial charge >= 0.3 is 5.82 Å². The molecule has 6 N–H and O–H groups in total. The normalized spacial score (nSPS) is 11.0. The highest BCUT2D eigenvalue weighted by Crippen LogP contribution is 2.22. The summed E-state index contributed by atoms with van der Waals surface area (Å²) in [6.45, 7) is 1.80. The summed E-state index contributed by atoms with van der Waals surface area (Å²) in [4.78, 5) is 0. The third-order valence-electron chi connectivity index (χ3n) is 3.90. The van der Waals surface area contributed by atoms with E-state index in [1.165, 1.54) is 0 Å². The molecule has 0 fully saturated rings. The number of benzene rings is 2. The van der Waals surface area contributed by atoms with Crippen molar-refractivity contribution < 1.29 is 10.3 Å². The molecule has 6 heteroatoms. The van der Waals surface area contributed by atoms with E-state index in [9.17, 15) is 0 Å². The van der Waals surface area contributed by atoms with E-state index in [1.54, 1.807) is 0 Å². The molecule has 0 unspecified atom stereocenters. The third kappa shape index (κ3) is 4.87. The van der Waals surface area contributed by atoms with E-state index in [-0.39, 0.29) is 0 Å². The summed E-state index contributed by atoms with van der Waals surface area (Å²) < 4.78 is 2.09. The molecular weight excluding hydrogens is 324 g/mol. The van der Waals surface area contributed by atoms with Gasteiger partial charge in [0.05, 0.1) is 24.4 Å². The molecule has 0 saturated heterocycles. The van der Waals surface area contributed by atoms with Crippen molar-refractivity contribution in [3.8, 4) is 0 Å². The molecule has 0 amide bonds. The van der Waals surface area contributed by atoms with Gasteiger partial charge in [0.25, 0.3) is 0 Å². The third-order valence-corrected chi connectivity index (χ3v) is 3.90. The number of nitrogens with one attached hydrogen (secondary N) is 1. The molecular formula is C20H24N6+2. The van der Waals surface area contributed by atoms with Crippen LogP contribution in [0.3, 0.4) is 0 Å². The van der Waals surface area contributed by atoms with E-state index in [4.69, 9.17) is 5.73 Å². The van der Waals surface area contributed by atoms with Crippen molar-refractivity contribution in [3.05, 3.63) is 72.9 Å². The van der Waals surface area contributed by atoms with Crippen molar-refractivity contribution >= 4 is 28.6 Å². The Balaban J connectivity index is 1.67. The maximum Gasteiger partial charge on any atom is 0.350 e. The first-order valence-corrected chi connectivity index (χ1v) is 8.67. The second-order valence-electron chi connectivity index (χ2n) is 5.95. The van der Waals surface area contributed by atoms with Gasteiger partial charge in [-0.2, -0.15) is 0 Å². The highest BCUT2D eigenvalue weighted by atomic mass is 15.2. The molecule has 1 aromatic heterocycles. The van der Waals surface area contributed by atoms with Crippen LogP contribution in [0.5, 0.6) is 0 Å². The van der Waals surface area contributed by atoms with Crippen molar-refractivity contribution in [2.75, 3.05) is 17.6 Å². The highest BCUT2D eigenvalue weighted by Gasteiger charge is 2.08. The predicted octanol–water partition coefficient (Wildman–Crippen LogP) is 3.35. The van der Waals surface area contributed by atoms with Crippen molar-refractivity contribution in [3.63, 3.8) is 0 Å². The highest BCUT2D eigenvalue weighted by molar-refractivity contribution is 5.63. The molecule has 132 valence electrons. The summed E-state index contributed by atoms with van der Waals surface area (Å²) in [5.41, 5.74) is 13.1. The predicted molar refractivity (Wildman–Crippen MR) is 104 cm³/mol. The number of hydrogen-bond donors (Lipinski definition) is 3. The van der Waals surface area contributed by atoms with Crippen LogP contribution in [0.1, 0.15) is 6.42 Å². The minimum atomic E-state index is 0.750. The lowest BCUT2D eigenvalue weighted by Crippen LogP contribution is -2.51. The van der Waals surface area contributed by atoms with Gasteiger partial charge in [0, 0.05) is 29.5 Å². The number of aryl methyl sites for hydroxylation is 1. The number of azo groups is 1. The van der Waals surface area contributed by atoms with Gasteiger partial charge in [0.15, 0.2) is 0 Å². The van der Waals surface area contributed by atoms with E-state index in [2.05, 4.69) is 25.8 Å². The van der Waals surface area contributed by atoms with E-state index < -0.39 is 0 Å². The monoisotopic (exact) mass is 348 g/mol. The molecule has 0 bridgehead atoms. The fourth-order valence-electron chi connectivity index (χ4n) is 2.48. The van der Waals surface area contributed by atoms with Gasteiger partial charge in [-0.1, -0.05) is 6.07 Å². The van der Waals surface area contributed by atoms with Gasteiger partial charge in [-0.3, -0.25) is 0 Å². The Morgan fingerprint density at radius 3 is 2.27 bits per heavy atom. The standard InChI is InChI=1S/C20H22N6/c21-13-3-15-26-14-2-1-4-20(26)25-24-19-11-9-18(10-12-19)23-17-7-5-16(22)6-8-17/h1-2,4-12,14H,3,13,15,21H2,(H2,22,24)/p+2. The van der Waals surface area contributed by atoms with E-state index in [0.29, 0.717) is 0 Å². The van der Waals surface area contributed by atoms with Crippen molar-refractivity contribution in [1.29, 1.82) is 0 Å². The van der Waals surface area contributed by atoms with Gasteiger partial charge in [-0.15, -0.1) is 0 Å². The lowest BCUT2D eigenvalue weighted by atomic mass is 10.2. The van der Waals surface area contributed by atoms with Gasteiger partial charge in [-0.25, -0.2) is 4.57 Å². The quantitative estimate of drug-likeness (QED) is 0.347. The van der Waals surface area contributed by atoms with Gasteiger partial charge in [0.1, 0.15) is 5.69 Å². The van der Waals surface area contributed by atoms with Crippen LogP contribution >= 0.6 is 0 Å². The average Bonchev–Trinajstić information content (AvgIpc) is 2.68. The minimum absolute atomic E-state index is 0.750. The Kier molecular flexibility index (Phi) is 5.90. The summed E-state index contributed by atoms with van der Waals surface area (Å²) in [5.74, 6) is 0.838. The first kappa shape index (κ1) is 17.6. The number of pyridine rings is 1. The second-order valence-corrected chi connectivity index (χ2v) is 5.95. The Morgan fingerprint density at radius 2 is 1.58 bits per heavy atom. The van der Waals surface area contributed by atoms with E-state index in [0.717, 1.165) is 48.1 Å². The second kappa shape index (κ2) is 8.73. The average molecular weight is 348 g/mol. The van der Waals surface area contributed by atoms with Crippen LogP contribution in [0.15, 0.2) is 83.2 Å². The van der Waals surface area contributed by atoms with Crippen molar-refractivity contribution in [2.24, 2.45) is 10.2 Å². The van der Waals surface area contributed by atoms with Gasteiger partial charge < -0.3 is 16.8 Å². The van der Waals surface area contributed by atoms with Crippen molar-refractivity contribution in [2.45, 2.75) is 13.0 Å². The topological polar surface area (TPSA) is 94.3 Å². The Bertz CT molecular complexity index is 856. The summed E-state index contributed by atoms with van der Waals surface area (Å²) in [6.07, 6.45) is 3.03. The fraction of sp³-hybridized carbons (Fsp3) is 0.150. The Labute approximate surface area is 153 Å². The summed E-state index contributed by atoms with van der Waals surface area (Å²) >= 11 is 0. The van der Waals surface area contributed by atoms with Crippen LogP contribution in [0.4, 0.5) is 28.6 Å². The number of nitrogens with two attached hydrogens (primary N) is 1. The van der Waals surface area contributed by atoms with Gasteiger partial charge in [-0.05, 0) is 59.7 Å². The SMILES string of the molecule is Nc1ccc(Nc2ccc(N=Nc3cccc[n+]3CCC[NH3+])cc2)cc1. The zero-order valence-corrected chi connectivity index (χ0v) is 14.7. The molecule has 0 aliphatic carbocycles. The molecule has 2 aromatic carbocycles. The molecule has 0 atom stereocenters. The number of quaternary nitrogens is 1. The zero-order chi connectivity index (χ0) is 18.2. The first-order valence-electron chi connectivity index (χ1n) is 8.67. The molecule has 0 radical (unpaired) electrons. The van der Waals surface area contributed by atoms with E-state index in [1.807, 2.05) is 72.9 Å². The minimum Gasteiger partial charge on any atom is -0.399 e. The maximum atomic E-state index is 5.70. The molecule has 0 aliphatic heterocycles. The number of anilines is 3. The van der Waals surface area contributed by atoms with E-state index >= 15 is 0 Å². The number of nitrogen functional groups attached to an aromatic ring is 1. The van der Waals surface area contributed by atoms with Gasteiger partial charge in [0.2, 0.25) is 0 Å². The molecule has 0 spiro atoms. The largest absolute Gasteiger partial charge is 0.399 e. The Morgan fingerprint density at radius 1 is 0.885 bits per heavy atom. The molecule has 1 heterocycles. The van der Waals surface area contributed by atoms with Crippen LogP contribution in [-0.4, -0.2) is 6.54 Å². The molecule has 3 rings (SSSR count). The van der Waals surface area contributed by atoms with Crippen LogP contribution in [-0.2, 0) is 6.54 Å². The first-order chi connectivity index (χ1) is 12.7. The summed E-state index contributed by atoms with van der Waals surface area (Å²) in [5, 5.41) is 12.1. The van der Waals surface area contributed by atoms with Crippen molar-refractivity contribution in [1.82, 2.24) is 0 Å². The molecule has 0 aliphatic rings. The number of nitrogens with zero attached hydrogens (tertiary/aromatic N) is 3. The smallest absolute Gasteiger partial charge is 0.350 e. The lowest BCUT2D eigenvalue weighted by Gasteiger charge is -2.06. The lowest BCUT2D eigenvalue weighted by molar-refractivity contribution is -0.686. The van der Waals surface area contributed by atoms with Crippen LogP contribution in [0.2, 0.25) is 0 Å². The summed E-state index contributed by atoms with van der Waals surface area (Å²) in [6, 6.07) is 21.4. The molecule has 26 heavy (non-hydrogen) atoms. The van der Waals surface area contributed by atoms with Crippen LogP contribution < -0.4 is 21.4 Å².